The molecule has 0 N–H and O–H groups in total. The highest BCUT2D eigenvalue weighted by atomic mass is 79.9. The summed E-state index contributed by atoms with van der Waals surface area (Å²) in [5, 5.41) is 0. The van der Waals surface area contributed by atoms with Crippen LogP contribution in [0.3, 0.4) is 0 Å². The quantitative estimate of drug-likeness (QED) is 0.594. The van der Waals surface area contributed by atoms with Gasteiger partial charge in [0.15, 0.2) is 0 Å². The van der Waals surface area contributed by atoms with Gasteiger partial charge in [-0.2, -0.15) is 0 Å². The molecule has 0 saturated heterocycles. The zero-order valence-corrected chi connectivity index (χ0v) is 12.4. The Kier molecular flexibility index (Phi) is 5.92. The molecule has 0 bridgehead atoms. The van der Waals surface area contributed by atoms with Crippen LogP contribution in [-0.4, -0.2) is 31.5 Å². The van der Waals surface area contributed by atoms with E-state index < -0.39 is 0 Å². The summed E-state index contributed by atoms with van der Waals surface area (Å²) in [5.74, 6) is 0.563. The number of hydrogen-bond acceptors (Lipinski definition) is 2. The van der Waals surface area contributed by atoms with Crippen molar-refractivity contribution in [3.63, 3.8) is 0 Å². The van der Waals surface area contributed by atoms with E-state index in [2.05, 4.69) is 22.5 Å². The molecule has 0 atom stereocenters. The number of halogens is 1. The molecule has 3 nitrogen and oxygen atoms in total. The smallest absolute Gasteiger partial charge is 0.257 e. The van der Waals surface area contributed by atoms with Crippen molar-refractivity contribution < 1.29 is 9.53 Å². The number of carbonyl (C=O) groups excluding carboxylic acids is 1. The SMILES string of the molecule is C=CCCCN(C)C(=O)c1ccc(Br)cc1OC. The van der Waals surface area contributed by atoms with Crippen LogP contribution in [0, 0.1) is 0 Å². The Bertz CT molecular complexity index is 432. The van der Waals surface area contributed by atoms with Gasteiger partial charge in [-0.3, -0.25) is 4.79 Å². The highest BCUT2D eigenvalue weighted by molar-refractivity contribution is 9.10. The molecule has 1 aromatic rings. The fourth-order valence-electron chi connectivity index (χ4n) is 1.62. The lowest BCUT2D eigenvalue weighted by Gasteiger charge is -2.18. The molecule has 4 heteroatoms. The maximum absolute atomic E-state index is 12.2. The minimum atomic E-state index is -0.0246. The van der Waals surface area contributed by atoms with Gasteiger partial charge < -0.3 is 9.64 Å². The number of rotatable bonds is 6. The van der Waals surface area contributed by atoms with Gasteiger partial charge in [-0.05, 0) is 31.0 Å². The fraction of sp³-hybridized carbons (Fsp3) is 0.357. The van der Waals surface area contributed by atoms with Gasteiger partial charge in [0.25, 0.3) is 5.91 Å². The third kappa shape index (κ3) is 3.88. The lowest BCUT2D eigenvalue weighted by Crippen LogP contribution is -2.28. The summed E-state index contributed by atoms with van der Waals surface area (Å²) < 4.78 is 6.12. The number of allylic oxidation sites excluding steroid dienone is 1. The van der Waals surface area contributed by atoms with E-state index >= 15 is 0 Å². The molecule has 0 fully saturated rings. The minimum absolute atomic E-state index is 0.0246. The normalized spacial score (nSPS) is 9.94. The summed E-state index contributed by atoms with van der Waals surface area (Å²) in [7, 11) is 3.36. The number of hydrogen-bond donors (Lipinski definition) is 0. The van der Waals surface area contributed by atoms with Crippen molar-refractivity contribution >= 4 is 21.8 Å². The summed E-state index contributed by atoms with van der Waals surface area (Å²) in [4.78, 5) is 13.9. The molecule has 98 valence electrons. The highest BCUT2D eigenvalue weighted by Gasteiger charge is 2.16. The van der Waals surface area contributed by atoms with Gasteiger partial charge in [0.1, 0.15) is 5.75 Å². The Morgan fingerprint density at radius 2 is 2.28 bits per heavy atom. The molecule has 1 amide bonds. The molecule has 0 unspecified atom stereocenters. The summed E-state index contributed by atoms with van der Waals surface area (Å²) in [6.45, 7) is 4.38. The van der Waals surface area contributed by atoms with E-state index in [0.717, 1.165) is 17.3 Å². The first-order valence-corrected chi connectivity index (χ1v) is 6.59. The summed E-state index contributed by atoms with van der Waals surface area (Å²) in [5.41, 5.74) is 0.585. The zero-order valence-electron chi connectivity index (χ0n) is 10.8. The van der Waals surface area contributed by atoms with Crippen LogP contribution in [0.25, 0.3) is 0 Å². The van der Waals surface area contributed by atoms with Gasteiger partial charge in [-0.1, -0.05) is 22.0 Å². The molecule has 0 spiro atoms. The Morgan fingerprint density at radius 3 is 2.89 bits per heavy atom. The van der Waals surface area contributed by atoms with E-state index in [1.54, 1.807) is 31.2 Å². The number of nitrogens with zero attached hydrogens (tertiary/aromatic N) is 1. The van der Waals surface area contributed by atoms with E-state index in [-0.39, 0.29) is 5.91 Å². The number of amides is 1. The van der Waals surface area contributed by atoms with E-state index in [0.29, 0.717) is 17.9 Å². The molecule has 0 aromatic heterocycles. The van der Waals surface area contributed by atoms with Gasteiger partial charge in [0.05, 0.1) is 12.7 Å². The van der Waals surface area contributed by atoms with E-state index in [1.807, 2.05) is 12.1 Å². The summed E-state index contributed by atoms with van der Waals surface area (Å²) >= 11 is 3.36. The van der Waals surface area contributed by atoms with E-state index in [9.17, 15) is 4.79 Å². The molecule has 0 aliphatic rings. The van der Waals surface area contributed by atoms with Crippen molar-refractivity contribution in [2.45, 2.75) is 12.8 Å². The zero-order chi connectivity index (χ0) is 13.5. The first-order valence-electron chi connectivity index (χ1n) is 5.80. The highest BCUT2D eigenvalue weighted by Crippen LogP contribution is 2.24. The van der Waals surface area contributed by atoms with Crippen molar-refractivity contribution in [1.82, 2.24) is 4.90 Å². The number of methoxy groups -OCH3 is 1. The molecule has 1 rings (SSSR count). The molecule has 0 aliphatic carbocycles. The van der Waals surface area contributed by atoms with Crippen molar-refractivity contribution in [2.24, 2.45) is 0 Å². The van der Waals surface area contributed by atoms with Crippen LogP contribution in [0.2, 0.25) is 0 Å². The molecule has 18 heavy (non-hydrogen) atoms. The summed E-state index contributed by atoms with van der Waals surface area (Å²) in [6, 6.07) is 5.41. The molecule has 0 aliphatic heterocycles. The molecular formula is C14H18BrNO2. The van der Waals surface area contributed by atoms with Crippen LogP contribution in [0.5, 0.6) is 5.75 Å². The van der Waals surface area contributed by atoms with Crippen LogP contribution < -0.4 is 4.74 Å². The molecule has 0 heterocycles. The second-order valence-electron chi connectivity index (χ2n) is 4.00. The van der Waals surface area contributed by atoms with E-state index in [4.69, 9.17) is 4.74 Å². The first-order chi connectivity index (χ1) is 8.60. The minimum Gasteiger partial charge on any atom is -0.496 e. The molecule has 1 aromatic carbocycles. The van der Waals surface area contributed by atoms with Crippen LogP contribution in [0.4, 0.5) is 0 Å². The second kappa shape index (κ2) is 7.21. The van der Waals surface area contributed by atoms with Gasteiger partial charge in [0.2, 0.25) is 0 Å². The fourth-order valence-corrected chi connectivity index (χ4v) is 1.96. The Balaban J connectivity index is 2.79. The lowest BCUT2D eigenvalue weighted by atomic mass is 10.1. The van der Waals surface area contributed by atoms with Gasteiger partial charge in [-0.25, -0.2) is 0 Å². The van der Waals surface area contributed by atoms with Crippen molar-refractivity contribution in [3.05, 3.63) is 40.9 Å². The van der Waals surface area contributed by atoms with Crippen molar-refractivity contribution in [3.8, 4) is 5.75 Å². The topological polar surface area (TPSA) is 29.5 Å². The monoisotopic (exact) mass is 311 g/mol. The third-order valence-corrected chi connectivity index (χ3v) is 3.14. The third-order valence-electron chi connectivity index (χ3n) is 2.64. The van der Waals surface area contributed by atoms with Gasteiger partial charge >= 0.3 is 0 Å². The average Bonchev–Trinajstić information content (AvgIpc) is 2.37. The number of unbranched alkanes of at least 4 members (excludes halogenated alkanes) is 1. The lowest BCUT2D eigenvalue weighted by molar-refractivity contribution is 0.0790. The largest absolute Gasteiger partial charge is 0.496 e. The van der Waals surface area contributed by atoms with Crippen molar-refractivity contribution in [2.75, 3.05) is 20.7 Å². The molecule has 0 saturated carbocycles. The van der Waals surface area contributed by atoms with Crippen LogP contribution in [-0.2, 0) is 0 Å². The van der Waals surface area contributed by atoms with Crippen LogP contribution in [0.1, 0.15) is 23.2 Å². The van der Waals surface area contributed by atoms with Crippen molar-refractivity contribution in [1.29, 1.82) is 0 Å². The van der Waals surface area contributed by atoms with E-state index in [1.165, 1.54) is 0 Å². The van der Waals surface area contributed by atoms with Gasteiger partial charge in [-0.15, -0.1) is 6.58 Å². The van der Waals surface area contributed by atoms with Crippen LogP contribution >= 0.6 is 15.9 Å². The Hall–Kier alpha value is -1.29. The summed E-state index contributed by atoms with van der Waals surface area (Å²) in [6.07, 6.45) is 3.69. The molecular weight excluding hydrogens is 294 g/mol. The predicted molar refractivity (Wildman–Crippen MR) is 77.1 cm³/mol. The number of benzene rings is 1. The number of ether oxygens (including phenoxy) is 1. The Morgan fingerprint density at radius 1 is 1.56 bits per heavy atom. The predicted octanol–water partition coefficient (Wildman–Crippen LogP) is 3.50. The second-order valence-corrected chi connectivity index (χ2v) is 4.92. The average molecular weight is 312 g/mol. The molecule has 0 radical (unpaired) electrons. The maximum Gasteiger partial charge on any atom is 0.257 e. The Labute approximate surface area is 117 Å². The maximum atomic E-state index is 12.2. The first kappa shape index (κ1) is 14.8. The number of carbonyl (C=O) groups is 1. The van der Waals surface area contributed by atoms with Crippen LogP contribution in [0.15, 0.2) is 35.3 Å². The standard InChI is InChI=1S/C14H18BrNO2/c1-4-5-6-9-16(2)14(17)12-8-7-11(15)10-13(12)18-3/h4,7-8,10H,1,5-6,9H2,2-3H3. The van der Waals surface area contributed by atoms with Gasteiger partial charge in [0, 0.05) is 18.1 Å².